The van der Waals surface area contributed by atoms with Gasteiger partial charge in [-0.2, -0.15) is 0 Å². The molecule has 10 rings (SSSR count). The maximum absolute atomic E-state index is 9.75. The molecule has 1 atom stereocenters. The first kappa shape index (κ1) is 59.0. The summed E-state index contributed by atoms with van der Waals surface area (Å²) in [6.07, 6.45) is 0. The number of fused-ring (bicyclic) bond motifs is 2. The molecule has 4 nitrogen and oxygen atoms in total. The van der Waals surface area contributed by atoms with Gasteiger partial charge in [0.25, 0.3) is 0 Å². The van der Waals surface area contributed by atoms with Gasteiger partial charge in [-0.05, 0) is 122 Å². The van der Waals surface area contributed by atoms with Crippen LogP contribution in [0.1, 0.15) is 25.0 Å². The number of halogens is 5. The molecule has 388 valence electrons. The molecule has 0 saturated carbocycles. The van der Waals surface area contributed by atoms with E-state index in [1.165, 1.54) is 64.5 Å². The standard InChI is InChI=1S/C44H32P2.C19H26N2O2.BF4.ClH.Ru/c1-5-19-35(20-6-1)45(36-21-7-2-8-22-36)41-31-29-33-17-13-15-27-39(33)43(41)44-40-28-16-14-18-34(40)30-32-42(44)46(37-23-9-3-10-24-37)38-25-11-4-12-26-38;1-13(2)18(20)19(21,14-5-9-16(22-3)10-6-14)15-7-11-17(23-4)12-8-15;2-1(3,4)5;;/h1-32H;5-13,18H,20-21H2,1-4H3;;1H;/q;;-1;;+2/p-1/t;18-;;;/m.1.../s1. The van der Waals surface area contributed by atoms with Gasteiger partial charge in [0.1, 0.15) is 11.5 Å². The average Bonchev–Trinajstić information content (AvgIpc) is 3.48. The van der Waals surface area contributed by atoms with Crippen molar-refractivity contribution in [2.45, 2.75) is 25.4 Å². The van der Waals surface area contributed by atoms with Crippen LogP contribution in [0.5, 0.6) is 11.5 Å². The van der Waals surface area contributed by atoms with Crippen LogP contribution in [0.25, 0.3) is 32.7 Å². The molecule has 0 saturated heterocycles. The van der Waals surface area contributed by atoms with Crippen LogP contribution in [-0.2, 0) is 25.0 Å². The predicted octanol–water partition coefficient (Wildman–Crippen LogP) is 10.4. The van der Waals surface area contributed by atoms with Gasteiger partial charge in [-0.1, -0.05) is 232 Å². The third kappa shape index (κ3) is 13.8. The first-order valence-electron chi connectivity index (χ1n) is 24.3. The Hall–Kier alpha value is -6.20. The Balaban J connectivity index is 0.000000263. The van der Waals surface area contributed by atoms with Crippen LogP contribution >= 0.6 is 15.8 Å². The number of ether oxygens (including phenoxy) is 2. The van der Waals surface area contributed by atoms with Gasteiger partial charge in [0.05, 0.1) is 19.8 Å². The summed E-state index contributed by atoms with van der Waals surface area (Å²) < 4.78 is 49.5. The third-order valence-electron chi connectivity index (χ3n) is 13.0. The van der Waals surface area contributed by atoms with Crippen molar-refractivity contribution in [3.05, 3.63) is 254 Å². The molecule has 10 aromatic carbocycles. The second-order valence-electron chi connectivity index (χ2n) is 18.0. The number of rotatable bonds is 13. The van der Waals surface area contributed by atoms with Gasteiger partial charge in [-0.15, -0.1) is 0 Å². The molecule has 13 heteroatoms. The van der Waals surface area contributed by atoms with Gasteiger partial charge in [0.15, 0.2) is 0 Å². The molecule has 0 aliphatic rings. The first-order chi connectivity index (χ1) is 35.8. The third-order valence-corrected chi connectivity index (χ3v) is 17.9. The van der Waals surface area contributed by atoms with Gasteiger partial charge in [-0.3, -0.25) is 0 Å². The van der Waals surface area contributed by atoms with E-state index in [1.54, 1.807) is 14.2 Å². The Bertz CT molecular complexity index is 3090. The van der Waals surface area contributed by atoms with E-state index in [-0.39, 0.29) is 43.8 Å². The van der Waals surface area contributed by atoms with E-state index in [1.807, 2.05) is 48.5 Å². The van der Waals surface area contributed by atoms with E-state index in [2.05, 4.69) is 208 Å². The summed E-state index contributed by atoms with van der Waals surface area (Å²) in [6, 6.07) is 87.1. The van der Waals surface area contributed by atoms with Crippen LogP contribution in [0.2, 0.25) is 0 Å². The van der Waals surface area contributed by atoms with Gasteiger partial charge < -0.3 is 50.6 Å². The van der Waals surface area contributed by atoms with Crippen molar-refractivity contribution in [1.82, 2.24) is 0 Å². The molecule has 0 aliphatic carbocycles. The Morgan fingerprint density at radius 3 is 0.974 bits per heavy atom. The molecule has 10 aromatic rings. The summed E-state index contributed by atoms with van der Waals surface area (Å²) in [5.74, 6) is 1.82. The fraction of sp³-hybridized carbons (Fsp3) is 0.111. The summed E-state index contributed by atoms with van der Waals surface area (Å²) in [4.78, 5) is 0. The molecule has 0 fully saturated rings. The van der Waals surface area contributed by atoms with Crippen molar-refractivity contribution in [2.75, 3.05) is 14.2 Å². The maximum Gasteiger partial charge on any atom is 2.00 e. The monoisotopic (exact) mass is 1160 g/mol. The molecule has 0 spiro atoms. The summed E-state index contributed by atoms with van der Waals surface area (Å²) in [5.41, 5.74) is 17.2. The fourth-order valence-electron chi connectivity index (χ4n) is 9.39. The zero-order chi connectivity index (χ0) is 52.2. The molecule has 0 bridgehead atoms. The van der Waals surface area contributed by atoms with Gasteiger partial charge in [0.2, 0.25) is 0 Å². The average molecular weight is 1160 g/mol. The predicted molar refractivity (Wildman–Crippen MR) is 308 cm³/mol. The largest absolute Gasteiger partial charge is 2.00 e. The molecular formula is C63H58BClF4N2O2P2Ru. The molecule has 0 aliphatic heterocycles. The Morgan fingerprint density at radius 1 is 0.421 bits per heavy atom. The summed E-state index contributed by atoms with van der Waals surface area (Å²) in [5, 5.41) is 13.3. The SMILES string of the molecule is COc1ccc(C(N)(c2ccc(OC)cc2)[C@H](N)C(C)C)cc1.F[B-](F)(F)F.[Cl-].[Ru+2].c1ccc(P(c2ccccc2)c2ccc3ccccc3c2-c2c(P(c3ccccc3)c3ccccc3)ccc3ccccc23)cc1. The summed E-state index contributed by atoms with van der Waals surface area (Å²) in [6.45, 7) is 4.17. The van der Waals surface area contributed by atoms with E-state index >= 15 is 0 Å². The minimum atomic E-state index is -6.00. The normalized spacial score (nSPS) is 11.6. The molecule has 0 amide bonds. The van der Waals surface area contributed by atoms with E-state index < -0.39 is 28.6 Å². The topological polar surface area (TPSA) is 70.5 Å². The van der Waals surface area contributed by atoms with E-state index in [4.69, 9.17) is 20.9 Å². The number of nitrogens with two attached hydrogens (primary N) is 2. The smallest absolute Gasteiger partial charge is 1.00 e. The van der Waals surface area contributed by atoms with E-state index in [0.717, 1.165) is 22.6 Å². The maximum atomic E-state index is 9.75. The van der Waals surface area contributed by atoms with Crippen LogP contribution < -0.4 is 65.2 Å². The van der Waals surface area contributed by atoms with Crippen LogP contribution in [0, 0.1) is 5.92 Å². The zero-order valence-corrected chi connectivity index (χ0v) is 46.7. The molecule has 76 heavy (non-hydrogen) atoms. The van der Waals surface area contributed by atoms with Crippen molar-refractivity contribution in [2.24, 2.45) is 17.4 Å². The number of hydrogen-bond acceptors (Lipinski definition) is 4. The Labute approximate surface area is 465 Å². The summed E-state index contributed by atoms with van der Waals surface area (Å²) in [7, 11) is -4.41. The van der Waals surface area contributed by atoms with Crippen molar-refractivity contribution in [3.63, 3.8) is 0 Å². The molecular weight excluding hydrogens is 1100 g/mol. The minimum absolute atomic E-state index is 0. The van der Waals surface area contributed by atoms with E-state index in [9.17, 15) is 17.3 Å². The molecule has 0 heterocycles. The van der Waals surface area contributed by atoms with Crippen LogP contribution in [-0.4, -0.2) is 27.5 Å². The molecule has 4 N–H and O–H groups in total. The van der Waals surface area contributed by atoms with Crippen LogP contribution in [0.4, 0.5) is 17.3 Å². The van der Waals surface area contributed by atoms with Crippen molar-refractivity contribution < 1.29 is 58.6 Å². The van der Waals surface area contributed by atoms with Gasteiger partial charge >= 0.3 is 26.7 Å². The fourth-order valence-corrected chi connectivity index (χ4v) is 14.3. The zero-order valence-electron chi connectivity index (χ0n) is 42.4. The number of hydrogen-bond donors (Lipinski definition) is 2. The van der Waals surface area contributed by atoms with Crippen LogP contribution in [0.15, 0.2) is 243 Å². The Morgan fingerprint density at radius 2 is 0.697 bits per heavy atom. The number of benzene rings is 10. The number of methoxy groups -OCH3 is 2. The second-order valence-corrected chi connectivity index (χ2v) is 22.3. The van der Waals surface area contributed by atoms with Crippen molar-refractivity contribution in [1.29, 1.82) is 0 Å². The molecule has 0 unspecified atom stereocenters. The first-order valence-corrected chi connectivity index (χ1v) is 27.0. The molecule has 0 radical (unpaired) electrons. The summed E-state index contributed by atoms with van der Waals surface area (Å²) >= 11 is 0. The van der Waals surface area contributed by atoms with E-state index in [0.29, 0.717) is 0 Å². The quantitative estimate of drug-likeness (QED) is 0.0686. The van der Waals surface area contributed by atoms with Crippen molar-refractivity contribution in [3.8, 4) is 22.6 Å². The molecule has 0 aromatic heterocycles. The van der Waals surface area contributed by atoms with Gasteiger partial charge in [-0.25, -0.2) is 0 Å². The van der Waals surface area contributed by atoms with Gasteiger partial charge in [0, 0.05) is 6.04 Å². The Kier molecular flexibility index (Phi) is 21.1. The second kappa shape index (κ2) is 27.2. The minimum Gasteiger partial charge on any atom is -1.00 e. The van der Waals surface area contributed by atoms with Crippen molar-refractivity contribution >= 4 is 76.5 Å². The van der Waals surface area contributed by atoms with Crippen LogP contribution in [0.3, 0.4) is 0 Å².